The number of likely N-dealkylation sites (tertiary alicyclic amines) is 1. The number of aromatic nitrogens is 3. The first-order chi connectivity index (χ1) is 13.7. The van der Waals surface area contributed by atoms with Crippen LogP contribution in [-0.4, -0.2) is 31.7 Å². The number of para-hydroxylation sites is 1. The molecule has 142 valence electrons. The summed E-state index contributed by atoms with van der Waals surface area (Å²) in [5.74, 6) is -0.00907. The average molecular weight is 429 g/mol. The minimum atomic E-state index is -0.00907. The summed E-state index contributed by atoms with van der Waals surface area (Å²) in [6, 6.07) is 8.16. The Bertz CT molecular complexity index is 1160. The van der Waals surface area contributed by atoms with Gasteiger partial charge in [-0.2, -0.15) is 0 Å². The second kappa shape index (κ2) is 7.31. The van der Waals surface area contributed by atoms with Crippen molar-refractivity contribution in [1.29, 1.82) is 0 Å². The van der Waals surface area contributed by atoms with Gasteiger partial charge in [-0.1, -0.05) is 23.7 Å². The number of carbonyl (C=O) groups is 1. The lowest BCUT2D eigenvalue weighted by atomic mass is 10.0. The van der Waals surface area contributed by atoms with E-state index in [-0.39, 0.29) is 11.9 Å². The maximum absolute atomic E-state index is 13.0. The van der Waals surface area contributed by atoms with Crippen LogP contribution in [0.25, 0.3) is 21.3 Å². The number of amides is 1. The molecule has 1 saturated heterocycles. The van der Waals surface area contributed by atoms with E-state index in [2.05, 4.69) is 11.1 Å². The van der Waals surface area contributed by atoms with Gasteiger partial charge in [0.2, 0.25) is 5.91 Å². The molecule has 0 bridgehead atoms. The molecule has 0 saturated carbocycles. The second-order valence-corrected chi connectivity index (χ2v) is 9.03. The Balaban J connectivity index is 1.43. The van der Waals surface area contributed by atoms with Crippen LogP contribution in [-0.2, 0) is 4.79 Å². The molecule has 0 radical (unpaired) electrons. The average Bonchev–Trinajstić information content (AvgIpc) is 3.40. The van der Waals surface area contributed by atoms with Gasteiger partial charge in [-0.15, -0.1) is 22.7 Å². The summed E-state index contributed by atoms with van der Waals surface area (Å²) in [6.45, 7) is 0.748. The molecule has 4 heterocycles. The molecule has 1 amide bonds. The Morgan fingerprint density at radius 1 is 1.25 bits per heavy atom. The fourth-order valence-corrected chi connectivity index (χ4v) is 5.78. The van der Waals surface area contributed by atoms with Crippen molar-refractivity contribution >= 4 is 61.4 Å². The molecule has 3 aromatic heterocycles. The predicted octanol–water partition coefficient (Wildman–Crippen LogP) is 5.43. The lowest BCUT2D eigenvalue weighted by molar-refractivity contribution is -0.129. The van der Waals surface area contributed by atoms with Crippen LogP contribution < -0.4 is 0 Å². The van der Waals surface area contributed by atoms with Crippen LogP contribution in [0.4, 0.5) is 0 Å². The number of benzene rings is 1. The number of hydrogen-bond donors (Lipinski definition) is 0. The quantitative estimate of drug-likeness (QED) is 0.409. The minimum Gasteiger partial charge on any atom is -0.330 e. The summed E-state index contributed by atoms with van der Waals surface area (Å²) in [7, 11) is 0. The smallest absolute Gasteiger partial charge is 0.247 e. The molecule has 1 aliphatic heterocycles. The first-order valence-corrected chi connectivity index (χ1v) is 11.2. The monoisotopic (exact) mass is 428 g/mol. The molecule has 1 atom stereocenters. The van der Waals surface area contributed by atoms with E-state index in [0.29, 0.717) is 5.15 Å². The summed E-state index contributed by atoms with van der Waals surface area (Å²) in [4.78, 5) is 24.9. The van der Waals surface area contributed by atoms with Crippen molar-refractivity contribution in [2.45, 2.75) is 25.3 Å². The van der Waals surface area contributed by atoms with E-state index in [1.807, 2.05) is 39.1 Å². The number of hydrogen-bond acceptors (Lipinski definition) is 5. The SMILES string of the molecule is O=C(/C=C/c1c(Cl)nc2sccn12)N1CCCCC1c1nc2ccccc2s1. The van der Waals surface area contributed by atoms with Crippen molar-refractivity contribution in [2.75, 3.05) is 6.54 Å². The molecule has 5 rings (SSSR count). The molecule has 4 aromatic rings. The van der Waals surface area contributed by atoms with E-state index in [1.54, 1.807) is 23.5 Å². The van der Waals surface area contributed by atoms with E-state index in [4.69, 9.17) is 16.6 Å². The number of halogens is 1. The molecule has 8 heteroatoms. The second-order valence-electron chi connectivity index (χ2n) is 6.74. The third kappa shape index (κ3) is 3.13. The van der Waals surface area contributed by atoms with Crippen molar-refractivity contribution in [3.63, 3.8) is 0 Å². The molecule has 1 aliphatic rings. The van der Waals surface area contributed by atoms with E-state index in [0.717, 1.165) is 51.7 Å². The molecule has 0 N–H and O–H groups in total. The lowest BCUT2D eigenvalue weighted by Crippen LogP contribution is -2.37. The summed E-state index contributed by atoms with van der Waals surface area (Å²) >= 11 is 9.44. The highest BCUT2D eigenvalue weighted by Crippen LogP contribution is 2.36. The zero-order valence-corrected chi connectivity index (χ0v) is 17.3. The van der Waals surface area contributed by atoms with Crippen molar-refractivity contribution in [3.05, 3.63) is 57.8 Å². The van der Waals surface area contributed by atoms with E-state index >= 15 is 0 Å². The fraction of sp³-hybridized carbons (Fsp3) is 0.250. The molecule has 0 spiro atoms. The maximum atomic E-state index is 13.0. The van der Waals surface area contributed by atoms with Crippen LogP contribution in [0.2, 0.25) is 5.15 Å². The zero-order chi connectivity index (χ0) is 19.1. The topological polar surface area (TPSA) is 50.5 Å². The number of piperidine rings is 1. The predicted molar refractivity (Wildman–Crippen MR) is 115 cm³/mol. The highest BCUT2D eigenvalue weighted by atomic mass is 35.5. The number of thiazole rings is 2. The molecule has 1 unspecified atom stereocenters. The molecular weight excluding hydrogens is 412 g/mol. The van der Waals surface area contributed by atoms with E-state index in [9.17, 15) is 4.79 Å². The molecule has 1 fully saturated rings. The van der Waals surface area contributed by atoms with Crippen LogP contribution >= 0.6 is 34.3 Å². The summed E-state index contributed by atoms with van der Waals surface area (Å²) < 4.78 is 3.06. The van der Waals surface area contributed by atoms with Gasteiger partial charge in [0.15, 0.2) is 10.1 Å². The van der Waals surface area contributed by atoms with Gasteiger partial charge < -0.3 is 4.90 Å². The van der Waals surface area contributed by atoms with Crippen molar-refractivity contribution < 1.29 is 4.79 Å². The van der Waals surface area contributed by atoms with Gasteiger partial charge >= 0.3 is 0 Å². The number of fused-ring (bicyclic) bond motifs is 2. The Kier molecular flexibility index (Phi) is 4.66. The summed E-state index contributed by atoms with van der Waals surface area (Å²) in [5, 5.41) is 3.38. The highest BCUT2D eigenvalue weighted by molar-refractivity contribution is 7.18. The number of carbonyl (C=O) groups excluding carboxylic acids is 1. The van der Waals surface area contributed by atoms with Gasteiger partial charge in [-0.05, 0) is 37.5 Å². The Hall–Kier alpha value is -2.22. The number of rotatable bonds is 3. The highest BCUT2D eigenvalue weighted by Gasteiger charge is 2.29. The van der Waals surface area contributed by atoms with E-state index in [1.165, 1.54) is 11.3 Å². The van der Waals surface area contributed by atoms with Gasteiger partial charge in [0.05, 0.1) is 22.0 Å². The lowest BCUT2D eigenvalue weighted by Gasteiger charge is -2.33. The third-order valence-corrected chi connectivity index (χ3v) is 7.19. The van der Waals surface area contributed by atoms with Crippen LogP contribution in [0.5, 0.6) is 0 Å². The Labute approximate surface area is 174 Å². The molecule has 5 nitrogen and oxygen atoms in total. The van der Waals surface area contributed by atoms with Gasteiger partial charge in [-0.3, -0.25) is 9.20 Å². The first kappa shape index (κ1) is 17.8. The molecule has 28 heavy (non-hydrogen) atoms. The molecule has 1 aromatic carbocycles. The van der Waals surface area contributed by atoms with Crippen molar-refractivity contribution in [3.8, 4) is 0 Å². The van der Waals surface area contributed by atoms with Crippen LogP contribution in [0, 0.1) is 0 Å². The summed E-state index contributed by atoms with van der Waals surface area (Å²) in [5.41, 5.74) is 1.74. The van der Waals surface area contributed by atoms with E-state index < -0.39 is 0 Å². The van der Waals surface area contributed by atoms with Crippen molar-refractivity contribution in [2.24, 2.45) is 0 Å². The summed E-state index contributed by atoms with van der Waals surface area (Å²) in [6.07, 6.45) is 8.36. The Morgan fingerprint density at radius 3 is 3.04 bits per heavy atom. The van der Waals surface area contributed by atoms with Gasteiger partial charge in [0, 0.05) is 24.2 Å². The number of imidazole rings is 1. The normalized spacial score (nSPS) is 17.9. The maximum Gasteiger partial charge on any atom is 0.247 e. The molecule has 0 aliphatic carbocycles. The Morgan fingerprint density at radius 2 is 2.14 bits per heavy atom. The van der Waals surface area contributed by atoms with Gasteiger partial charge in [0.25, 0.3) is 0 Å². The fourth-order valence-electron chi connectivity index (χ4n) is 3.66. The van der Waals surface area contributed by atoms with Crippen LogP contribution in [0.1, 0.15) is 36.0 Å². The van der Waals surface area contributed by atoms with Crippen LogP contribution in [0.3, 0.4) is 0 Å². The van der Waals surface area contributed by atoms with Gasteiger partial charge in [0.1, 0.15) is 5.01 Å². The van der Waals surface area contributed by atoms with Crippen molar-refractivity contribution in [1.82, 2.24) is 19.3 Å². The number of nitrogens with zero attached hydrogens (tertiary/aromatic N) is 4. The molecular formula is C20H17ClN4OS2. The standard InChI is InChI=1S/C20H17ClN4OS2/c21-18-14(25-11-12-27-20(25)23-18)8-9-17(26)24-10-4-3-6-15(24)19-22-13-5-1-2-7-16(13)28-19/h1-2,5,7-9,11-12,15H,3-4,6,10H2/b9-8+. The third-order valence-electron chi connectivity index (χ3n) is 5.02. The largest absolute Gasteiger partial charge is 0.330 e. The first-order valence-electron chi connectivity index (χ1n) is 9.16. The van der Waals surface area contributed by atoms with Gasteiger partial charge in [-0.25, -0.2) is 9.97 Å². The van der Waals surface area contributed by atoms with Crippen LogP contribution in [0.15, 0.2) is 41.9 Å². The zero-order valence-electron chi connectivity index (χ0n) is 14.9. The minimum absolute atomic E-state index is 0.00907.